The lowest BCUT2D eigenvalue weighted by atomic mass is 9.98. The summed E-state index contributed by atoms with van der Waals surface area (Å²) in [4.78, 5) is 25.5. The number of hydrogen-bond acceptors (Lipinski definition) is 5. The van der Waals surface area contributed by atoms with E-state index in [4.69, 9.17) is 26.8 Å². The Labute approximate surface area is 167 Å². The van der Waals surface area contributed by atoms with Crippen molar-refractivity contribution in [2.45, 2.75) is 33.2 Å². The first kappa shape index (κ1) is 20.0. The number of carbonyl (C=O) groups is 1. The average molecular weight is 403 g/mol. The van der Waals surface area contributed by atoms with Gasteiger partial charge in [-0.25, -0.2) is 0 Å². The molecule has 6 nitrogen and oxygen atoms in total. The molecule has 1 heterocycles. The van der Waals surface area contributed by atoms with Crippen molar-refractivity contribution in [1.82, 2.24) is 4.57 Å². The number of methoxy groups -OCH3 is 1. The lowest BCUT2D eigenvalue weighted by Gasteiger charge is -2.19. The van der Waals surface area contributed by atoms with Crippen LogP contribution in [-0.2, 0) is 16.1 Å². The van der Waals surface area contributed by atoms with E-state index in [0.29, 0.717) is 38.3 Å². The van der Waals surface area contributed by atoms with Crippen molar-refractivity contribution < 1.29 is 14.3 Å². The van der Waals surface area contributed by atoms with E-state index in [9.17, 15) is 9.59 Å². The third-order valence-corrected chi connectivity index (χ3v) is 5.05. The normalized spacial score (nSPS) is 11.4. The number of esters is 1. The minimum Gasteiger partial charge on any atom is -0.493 e. The Hall–Kier alpha value is -2.73. The van der Waals surface area contributed by atoms with Crippen LogP contribution in [0.4, 0.5) is 5.69 Å². The van der Waals surface area contributed by atoms with Gasteiger partial charge in [0.1, 0.15) is 6.54 Å². The monoisotopic (exact) mass is 402 g/mol. The van der Waals surface area contributed by atoms with Crippen molar-refractivity contribution >= 4 is 45.1 Å². The molecule has 3 rings (SSSR count). The first-order chi connectivity index (χ1) is 13.3. The number of pyridine rings is 1. The van der Waals surface area contributed by atoms with Crippen LogP contribution < -0.4 is 15.9 Å². The van der Waals surface area contributed by atoms with Crippen molar-refractivity contribution in [2.75, 3.05) is 19.5 Å². The molecule has 0 saturated carbocycles. The van der Waals surface area contributed by atoms with E-state index in [0.717, 1.165) is 5.56 Å². The molecule has 3 aromatic rings. The molecule has 2 aromatic carbocycles. The van der Waals surface area contributed by atoms with Crippen molar-refractivity contribution in [1.29, 1.82) is 0 Å². The van der Waals surface area contributed by atoms with Gasteiger partial charge >= 0.3 is 5.97 Å². The van der Waals surface area contributed by atoms with Gasteiger partial charge in [0.2, 0.25) is 0 Å². The van der Waals surface area contributed by atoms with Crippen LogP contribution in [0.1, 0.15) is 32.3 Å². The second-order valence-electron chi connectivity index (χ2n) is 6.85. The largest absolute Gasteiger partial charge is 0.493 e. The third-order valence-electron chi connectivity index (χ3n) is 4.75. The van der Waals surface area contributed by atoms with Gasteiger partial charge in [-0.1, -0.05) is 25.4 Å². The van der Waals surface area contributed by atoms with Gasteiger partial charge in [0, 0.05) is 11.1 Å². The van der Waals surface area contributed by atoms with E-state index in [-0.39, 0.29) is 24.5 Å². The van der Waals surface area contributed by atoms with Crippen molar-refractivity contribution in [3.05, 3.63) is 45.1 Å². The summed E-state index contributed by atoms with van der Waals surface area (Å²) >= 11 is 6.31. The number of hydrogen-bond donors (Lipinski definition) is 1. The number of rotatable bonds is 5. The average Bonchev–Trinajstić information content (AvgIpc) is 2.64. The molecule has 2 N–H and O–H groups in total. The molecule has 0 aliphatic carbocycles. The van der Waals surface area contributed by atoms with Crippen LogP contribution in [0, 0.1) is 0 Å². The zero-order valence-corrected chi connectivity index (χ0v) is 17.1. The Balaban J connectivity index is 2.53. The maximum absolute atomic E-state index is 13.2. The number of carbonyl (C=O) groups excluding carboxylic acids is 1. The standard InChI is InChI=1S/C21H23ClN2O4/c1-5-28-18(25)10-24-17-9-13(11(2)3)16(23)8-14(17)20(26)12-6-7-15(22)21(27-4)19(12)24/h6-9,11H,5,10,23H2,1-4H3. The molecule has 0 amide bonds. The van der Waals surface area contributed by atoms with Crippen LogP contribution >= 0.6 is 11.6 Å². The highest BCUT2D eigenvalue weighted by atomic mass is 35.5. The summed E-state index contributed by atoms with van der Waals surface area (Å²) in [6.07, 6.45) is 0. The highest BCUT2D eigenvalue weighted by Crippen LogP contribution is 2.35. The highest BCUT2D eigenvalue weighted by Gasteiger charge is 2.20. The predicted octanol–water partition coefficient (Wildman–Crippen LogP) is 4.09. The molecule has 148 valence electrons. The van der Waals surface area contributed by atoms with E-state index in [1.807, 2.05) is 19.9 Å². The fraction of sp³-hybridized carbons (Fsp3) is 0.333. The molecule has 28 heavy (non-hydrogen) atoms. The van der Waals surface area contributed by atoms with Gasteiger partial charge in [0.05, 0.1) is 35.2 Å². The van der Waals surface area contributed by atoms with Crippen molar-refractivity contribution in [3.63, 3.8) is 0 Å². The summed E-state index contributed by atoms with van der Waals surface area (Å²) in [5.74, 6) is 0.0663. The van der Waals surface area contributed by atoms with Crippen LogP contribution in [-0.4, -0.2) is 24.3 Å². The van der Waals surface area contributed by atoms with Crippen LogP contribution in [0.25, 0.3) is 21.8 Å². The topological polar surface area (TPSA) is 83.5 Å². The van der Waals surface area contributed by atoms with Crippen LogP contribution in [0.15, 0.2) is 29.1 Å². The second kappa shape index (κ2) is 7.72. The summed E-state index contributed by atoms with van der Waals surface area (Å²) in [6, 6.07) is 6.78. The zero-order chi connectivity index (χ0) is 20.6. The Morgan fingerprint density at radius 2 is 1.96 bits per heavy atom. The smallest absolute Gasteiger partial charge is 0.325 e. The summed E-state index contributed by atoms with van der Waals surface area (Å²) in [5.41, 5.74) is 8.48. The molecule has 0 radical (unpaired) electrons. The van der Waals surface area contributed by atoms with Gasteiger partial charge in [-0.05, 0) is 42.7 Å². The van der Waals surface area contributed by atoms with Crippen LogP contribution in [0.5, 0.6) is 5.75 Å². The molecule has 0 unspecified atom stereocenters. The number of nitrogens with zero attached hydrogens (tertiary/aromatic N) is 1. The third kappa shape index (κ3) is 3.29. The fourth-order valence-corrected chi connectivity index (χ4v) is 3.71. The van der Waals surface area contributed by atoms with Crippen molar-refractivity contribution in [3.8, 4) is 5.75 Å². The van der Waals surface area contributed by atoms with Gasteiger partial charge in [-0.3, -0.25) is 9.59 Å². The molecule has 0 aliphatic rings. The Kier molecular flexibility index (Phi) is 5.52. The van der Waals surface area contributed by atoms with E-state index in [1.165, 1.54) is 7.11 Å². The first-order valence-corrected chi connectivity index (χ1v) is 9.45. The molecule has 7 heteroatoms. The SMILES string of the molecule is CCOC(=O)Cn1c2cc(C(C)C)c(N)cc2c(=O)c2ccc(Cl)c(OC)c21. The summed E-state index contributed by atoms with van der Waals surface area (Å²) in [5, 5.41) is 1.18. The molecule has 0 spiro atoms. The second-order valence-corrected chi connectivity index (χ2v) is 7.26. The number of nitrogens with two attached hydrogens (primary N) is 1. The molecular formula is C21H23ClN2O4. The van der Waals surface area contributed by atoms with E-state index in [1.54, 1.807) is 29.7 Å². The molecule has 0 atom stereocenters. The molecule has 0 fully saturated rings. The fourth-order valence-electron chi connectivity index (χ4n) is 3.48. The molecular weight excluding hydrogens is 380 g/mol. The maximum atomic E-state index is 13.2. The Bertz CT molecular complexity index is 1140. The first-order valence-electron chi connectivity index (χ1n) is 9.07. The maximum Gasteiger partial charge on any atom is 0.325 e. The Morgan fingerprint density at radius 3 is 2.57 bits per heavy atom. The summed E-state index contributed by atoms with van der Waals surface area (Å²) in [7, 11) is 1.48. The van der Waals surface area contributed by atoms with Gasteiger partial charge in [-0.15, -0.1) is 0 Å². The quantitative estimate of drug-likeness (QED) is 0.395. The number of benzene rings is 2. The highest BCUT2D eigenvalue weighted by molar-refractivity contribution is 6.33. The lowest BCUT2D eigenvalue weighted by molar-refractivity contribution is -0.143. The number of aromatic nitrogens is 1. The van der Waals surface area contributed by atoms with E-state index in [2.05, 4.69) is 0 Å². The molecule has 1 aromatic heterocycles. The number of nitrogen functional groups attached to an aromatic ring is 1. The van der Waals surface area contributed by atoms with E-state index < -0.39 is 5.97 Å². The number of fused-ring (bicyclic) bond motifs is 2. The van der Waals surface area contributed by atoms with Crippen molar-refractivity contribution in [2.24, 2.45) is 0 Å². The van der Waals surface area contributed by atoms with Gasteiger partial charge in [-0.2, -0.15) is 0 Å². The molecule has 0 saturated heterocycles. The summed E-state index contributed by atoms with van der Waals surface area (Å²) in [6.45, 7) is 5.96. The predicted molar refractivity (Wildman–Crippen MR) is 112 cm³/mol. The zero-order valence-electron chi connectivity index (χ0n) is 16.3. The van der Waals surface area contributed by atoms with Crippen LogP contribution in [0.3, 0.4) is 0 Å². The van der Waals surface area contributed by atoms with Gasteiger partial charge in [0.25, 0.3) is 0 Å². The number of halogens is 1. The van der Waals surface area contributed by atoms with Gasteiger partial charge in [0.15, 0.2) is 11.2 Å². The minimum absolute atomic E-state index is 0.0841. The Morgan fingerprint density at radius 1 is 1.25 bits per heavy atom. The molecule has 0 aliphatic heterocycles. The summed E-state index contributed by atoms with van der Waals surface area (Å²) < 4.78 is 12.3. The lowest BCUT2D eigenvalue weighted by Crippen LogP contribution is -2.19. The van der Waals surface area contributed by atoms with E-state index >= 15 is 0 Å². The molecule has 0 bridgehead atoms. The number of anilines is 1. The van der Waals surface area contributed by atoms with Crippen LogP contribution in [0.2, 0.25) is 5.02 Å². The number of ether oxygens (including phenoxy) is 2. The minimum atomic E-state index is -0.418. The van der Waals surface area contributed by atoms with Gasteiger partial charge < -0.3 is 19.8 Å².